The molecule has 0 spiro atoms. The van der Waals surface area contributed by atoms with Gasteiger partial charge in [0.1, 0.15) is 0 Å². The summed E-state index contributed by atoms with van der Waals surface area (Å²) in [5.74, 6) is -0.135. The highest BCUT2D eigenvalue weighted by Crippen LogP contribution is 2.16. The van der Waals surface area contributed by atoms with Crippen molar-refractivity contribution in [1.82, 2.24) is 25.6 Å². The van der Waals surface area contributed by atoms with Crippen LogP contribution in [0, 0.1) is 0 Å². The number of rotatable bonds is 4. The van der Waals surface area contributed by atoms with Crippen LogP contribution < -0.4 is 10.6 Å². The van der Waals surface area contributed by atoms with Crippen LogP contribution in [0.4, 0.5) is 0 Å². The quantitative estimate of drug-likeness (QED) is 0.871. The maximum absolute atomic E-state index is 11.9. The van der Waals surface area contributed by atoms with Crippen molar-refractivity contribution in [2.45, 2.75) is 45.2 Å². The Bertz CT molecular complexity index is 403. The number of hydrogen-bond donors (Lipinski definition) is 2. The van der Waals surface area contributed by atoms with Crippen molar-refractivity contribution in [3.8, 4) is 0 Å². The molecule has 1 aliphatic heterocycles. The summed E-state index contributed by atoms with van der Waals surface area (Å²) in [7, 11) is 0. The molecule has 1 amide bonds. The first-order valence-corrected chi connectivity index (χ1v) is 6.64. The summed E-state index contributed by atoms with van der Waals surface area (Å²) in [5.41, 5.74) is 0.411. The zero-order chi connectivity index (χ0) is 13.0. The molecule has 1 fully saturated rings. The minimum absolute atomic E-state index is 0. The van der Waals surface area contributed by atoms with Crippen molar-refractivity contribution in [2.75, 3.05) is 13.1 Å². The Morgan fingerprint density at radius 2 is 2.26 bits per heavy atom. The van der Waals surface area contributed by atoms with E-state index in [0.717, 1.165) is 32.4 Å². The van der Waals surface area contributed by atoms with Crippen molar-refractivity contribution in [3.63, 3.8) is 0 Å². The minimum Gasteiger partial charge on any atom is -0.348 e. The Morgan fingerprint density at radius 1 is 1.58 bits per heavy atom. The second kappa shape index (κ2) is 7.45. The molecule has 1 aromatic rings. The molecular formula is C12H22ClN5O. The smallest absolute Gasteiger partial charge is 0.273 e. The van der Waals surface area contributed by atoms with Gasteiger partial charge in [-0.25, -0.2) is 4.68 Å². The van der Waals surface area contributed by atoms with E-state index in [1.54, 1.807) is 6.20 Å². The third-order valence-electron chi connectivity index (χ3n) is 3.42. The molecule has 0 saturated carbocycles. The molecule has 1 aromatic heterocycles. The molecule has 2 rings (SSSR count). The highest BCUT2D eigenvalue weighted by atomic mass is 35.5. The van der Waals surface area contributed by atoms with Gasteiger partial charge in [0, 0.05) is 6.04 Å². The van der Waals surface area contributed by atoms with Gasteiger partial charge < -0.3 is 10.6 Å². The summed E-state index contributed by atoms with van der Waals surface area (Å²) < 4.78 is 1.83. The number of carbonyl (C=O) groups excluding carboxylic acids is 1. The number of piperidine rings is 1. The van der Waals surface area contributed by atoms with Crippen LogP contribution in [0.1, 0.15) is 49.6 Å². The maximum Gasteiger partial charge on any atom is 0.273 e. The number of hydrogen-bond acceptors (Lipinski definition) is 4. The molecule has 0 radical (unpaired) electrons. The highest BCUT2D eigenvalue weighted by molar-refractivity contribution is 5.92. The molecule has 7 heteroatoms. The summed E-state index contributed by atoms with van der Waals surface area (Å²) in [6.07, 6.45) is 4.74. The van der Waals surface area contributed by atoms with Crippen LogP contribution in [0.2, 0.25) is 0 Å². The Morgan fingerprint density at radius 3 is 2.89 bits per heavy atom. The lowest BCUT2D eigenvalue weighted by atomic mass is 10.1. The van der Waals surface area contributed by atoms with E-state index in [0.29, 0.717) is 11.7 Å². The second-order valence-electron chi connectivity index (χ2n) is 4.85. The fourth-order valence-corrected chi connectivity index (χ4v) is 2.03. The van der Waals surface area contributed by atoms with Gasteiger partial charge in [-0.3, -0.25) is 4.79 Å². The van der Waals surface area contributed by atoms with Crippen molar-refractivity contribution in [3.05, 3.63) is 11.9 Å². The predicted molar refractivity (Wildman–Crippen MR) is 75.6 cm³/mol. The molecule has 2 N–H and O–H groups in total. The largest absolute Gasteiger partial charge is 0.348 e. The van der Waals surface area contributed by atoms with Gasteiger partial charge in [0.25, 0.3) is 5.91 Å². The van der Waals surface area contributed by atoms with E-state index in [4.69, 9.17) is 0 Å². The molecule has 0 aromatic carbocycles. The fourth-order valence-electron chi connectivity index (χ4n) is 2.03. The number of nitrogens with one attached hydrogen (secondary N) is 2. The van der Waals surface area contributed by atoms with E-state index >= 15 is 0 Å². The standard InChI is InChI=1S/C12H21N5O.ClH/c1-3-9(2)14-12(18)11-8-17(16-15-11)10-4-6-13-7-5-10;/h8-10,13H,3-7H2,1-2H3,(H,14,18);1H. The van der Waals surface area contributed by atoms with Gasteiger partial charge in [0.15, 0.2) is 5.69 Å². The van der Waals surface area contributed by atoms with Crippen LogP contribution >= 0.6 is 12.4 Å². The zero-order valence-corrected chi connectivity index (χ0v) is 12.2. The van der Waals surface area contributed by atoms with Crippen molar-refractivity contribution < 1.29 is 4.79 Å². The molecule has 1 aliphatic rings. The third-order valence-corrected chi connectivity index (χ3v) is 3.42. The Balaban J connectivity index is 0.00000180. The van der Waals surface area contributed by atoms with Crippen LogP contribution in [0.5, 0.6) is 0 Å². The van der Waals surface area contributed by atoms with Crippen molar-refractivity contribution in [2.24, 2.45) is 0 Å². The summed E-state index contributed by atoms with van der Waals surface area (Å²) in [4.78, 5) is 11.9. The maximum atomic E-state index is 11.9. The van der Waals surface area contributed by atoms with Gasteiger partial charge in [0.05, 0.1) is 12.2 Å². The van der Waals surface area contributed by atoms with E-state index in [1.165, 1.54) is 0 Å². The first kappa shape index (κ1) is 15.9. The van der Waals surface area contributed by atoms with Gasteiger partial charge in [-0.1, -0.05) is 12.1 Å². The summed E-state index contributed by atoms with van der Waals surface area (Å²) >= 11 is 0. The van der Waals surface area contributed by atoms with Crippen LogP contribution in [0.3, 0.4) is 0 Å². The Labute approximate surface area is 119 Å². The first-order chi connectivity index (χ1) is 8.70. The number of aromatic nitrogens is 3. The summed E-state index contributed by atoms with van der Waals surface area (Å²) in [6, 6.07) is 0.533. The average molecular weight is 288 g/mol. The number of nitrogens with zero attached hydrogens (tertiary/aromatic N) is 3. The summed E-state index contributed by atoms with van der Waals surface area (Å²) in [6.45, 7) is 6.02. The number of amides is 1. The Hall–Kier alpha value is -1.14. The lowest BCUT2D eigenvalue weighted by Gasteiger charge is -2.22. The number of carbonyl (C=O) groups is 1. The van der Waals surface area contributed by atoms with E-state index < -0.39 is 0 Å². The van der Waals surface area contributed by atoms with Gasteiger partial charge in [-0.2, -0.15) is 0 Å². The number of halogens is 1. The van der Waals surface area contributed by atoms with Gasteiger partial charge >= 0.3 is 0 Å². The average Bonchev–Trinajstić information content (AvgIpc) is 2.89. The molecule has 19 heavy (non-hydrogen) atoms. The predicted octanol–water partition coefficient (Wildman–Crippen LogP) is 1.15. The van der Waals surface area contributed by atoms with E-state index in [-0.39, 0.29) is 24.4 Å². The van der Waals surface area contributed by atoms with Gasteiger partial charge in [0.2, 0.25) is 0 Å². The SMILES string of the molecule is CCC(C)NC(=O)c1cn(C2CCNCC2)nn1.Cl. The van der Waals surface area contributed by atoms with Gasteiger partial charge in [-0.05, 0) is 39.3 Å². The summed E-state index contributed by atoms with van der Waals surface area (Å²) in [5, 5.41) is 14.2. The molecule has 2 heterocycles. The molecule has 1 atom stereocenters. The van der Waals surface area contributed by atoms with Crippen LogP contribution in [0.25, 0.3) is 0 Å². The molecule has 0 aliphatic carbocycles. The minimum atomic E-state index is -0.135. The van der Waals surface area contributed by atoms with Crippen LogP contribution in [-0.2, 0) is 0 Å². The lowest BCUT2D eigenvalue weighted by molar-refractivity contribution is 0.0934. The van der Waals surface area contributed by atoms with Crippen LogP contribution in [-0.4, -0.2) is 40.0 Å². The van der Waals surface area contributed by atoms with Crippen molar-refractivity contribution in [1.29, 1.82) is 0 Å². The fraction of sp³-hybridized carbons (Fsp3) is 0.750. The Kier molecular flexibility index (Phi) is 6.24. The third kappa shape index (κ3) is 4.18. The van der Waals surface area contributed by atoms with E-state index in [2.05, 4.69) is 20.9 Å². The van der Waals surface area contributed by atoms with Crippen LogP contribution in [0.15, 0.2) is 6.20 Å². The lowest BCUT2D eigenvalue weighted by Crippen LogP contribution is -2.32. The second-order valence-corrected chi connectivity index (χ2v) is 4.85. The van der Waals surface area contributed by atoms with Crippen molar-refractivity contribution >= 4 is 18.3 Å². The topological polar surface area (TPSA) is 71.8 Å². The molecule has 6 nitrogen and oxygen atoms in total. The molecule has 1 unspecified atom stereocenters. The molecule has 0 bridgehead atoms. The normalized spacial score (nSPS) is 17.6. The zero-order valence-electron chi connectivity index (χ0n) is 11.4. The van der Waals surface area contributed by atoms with E-state index in [9.17, 15) is 4.79 Å². The monoisotopic (exact) mass is 287 g/mol. The van der Waals surface area contributed by atoms with Gasteiger partial charge in [-0.15, -0.1) is 17.5 Å². The highest BCUT2D eigenvalue weighted by Gasteiger charge is 2.19. The van der Waals surface area contributed by atoms with E-state index in [1.807, 2.05) is 18.5 Å². The molecule has 1 saturated heterocycles. The molecular weight excluding hydrogens is 266 g/mol. The molecule has 108 valence electrons. The first-order valence-electron chi connectivity index (χ1n) is 6.64.